The van der Waals surface area contributed by atoms with Gasteiger partial charge in [0, 0.05) is 18.7 Å². The van der Waals surface area contributed by atoms with Gasteiger partial charge in [0.05, 0.1) is 31.5 Å². The monoisotopic (exact) mass is 413 g/mol. The van der Waals surface area contributed by atoms with Crippen LogP contribution in [0, 0.1) is 0 Å². The Kier molecular flexibility index (Phi) is 5.45. The fraction of sp³-hybridized carbons (Fsp3) is 0.375. The lowest BCUT2D eigenvalue weighted by molar-refractivity contribution is -0.136. The van der Waals surface area contributed by atoms with Gasteiger partial charge in [0.15, 0.2) is 11.5 Å². The van der Waals surface area contributed by atoms with Crippen LogP contribution >= 0.6 is 0 Å². The summed E-state index contributed by atoms with van der Waals surface area (Å²) in [6.07, 6.45) is 0. The molecule has 152 valence electrons. The Morgan fingerprint density at radius 2 is 1.96 bits per heavy atom. The maximum atomic E-state index is 12.6. The number of nitrogens with one attached hydrogen (secondary N) is 1. The van der Waals surface area contributed by atoms with Gasteiger partial charge < -0.3 is 29.5 Å². The van der Waals surface area contributed by atoms with Crippen LogP contribution in [0.15, 0.2) is 28.3 Å². The SMILES string of the molecule is COC(=O)C1=C(Nc2cc3c(cc2S(N)(=O)=O)OCCO3)C(=O)N(CCO)C1. The number of ether oxygens (including phenoxy) is 3. The van der Waals surface area contributed by atoms with E-state index in [9.17, 15) is 18.0 Å². The van der Waals surface area contributed by atoms with Crippen LogP contribution < -0.4 is 19.9 Å². The highest BCUT2D eigenvalue weighted by atomic mass is 32.2. The predicted molar refractivity (Wildman–Crippen MR) is 95.1 cm³/mol. The molecule has 2 heterocycles. The molecule has 1 aromatic carbocycles. The molecule has 0 unspecified atom stereocenters. The number of primary sulfonamides is 1. The van der Waals surface area contributed by atoms with Gasteiger partial charge >= 0.3 is 5.97 Å². The maximum Gasteiger partial charge on any atom is 0.337 e. The van der Waals surface area contributed by atoms with Gasteiger partial charge in [-0.05, 0) is 0 Å². The van der Waals surface area contributed by atoms with Crippen molar-refractivity contribution in [1.82, 2.24) is 4.90 Å². The predicted octanol–water partition coefficient (Wildman–Crippen LogP) is -1.22. The summed E-state index contributed by atoms with van der Waals surface area (Å²) < 4.78 is 39.6. The third-order valence-corrected chi connectivity index (χ3v) is 5.11. The van der Waals surface area contributed by atoms with Crippen LogP contribution in [0.5, 0.6) is 11.5 Å². The number of benzene rings is 1. The van der Waals surface area contributed by atoms with E-state index in [1.54, 1.807) is 0 Å². The van der Waals surface area contributed by atoms with Gasteiger partial charge in [0.1, 0.15) is 23.8 Å². The molecular weight excluding hydrogens is 394 g/mol. The number of amides is 1. The minimum atomic E-state index is -4.19. The smallest absolute Gasteiger partial charge is 0.337 e. The third-order valence-electron chi connectivity index (χ3n) is 4.16. The Labute approximate surface area is 160 Å². The summed E-state index contributed by atoms with van der Waals surface area (Å²) in [5.41, 5.74) is -0.222. The number of hydrogen-bond donors (Lipinski definition) is 3. The fourth-order valence-corrected chi connectivity index (χ4v) is 3.57. The summed E-state index contributed by atoms with van der Waals surface area (Å²) in [4.78, 5) is 25.6. The number of nitrogens with two attached hydrogens (primary N) is 1. The first kappa shape index (κ1) is 19.9. The molecule has 0 saturated heterocycles. The van der Waals surface area contributed by atoms with Gasteiger partial charge in [0.25, 0.3) is 5.91 Å². The average molecular weight is 413 g/mol. The first-order valence-electron chi connectivity index (χ1n) is 8.21. The molecule has 11 nitrogen and oxygen atoms in total. The lowest BCUT2D eigenvalue weighted by Crippen LogP contribution is -2.31. The van der Waals surface area contributed by atoms with Crippen LogP contribution in [0.3, 0.4) is 0 Å². The van der Waals surface area contributed by atoms with E-state index in [1.165, 1.54) is 17.0 Å². The second-order valence-electron chi connectivity index (χ2n) is 5.96. The number of carbonyl (C=O) groups is 2. The minimum absolute atomic E-state index is 0.00351. The molecule has 0 aliphatic carbocycles. The topological polar surface area (TPSA) is 157 Å². The number of fused-ring (bicyclic) bond motifs is 1. The summed E-state index contributed by atoms with van der Waals surface area (Å²) in [6, 6.07) is 2.52. The average Bonchev–Trinajstić information content (AvgIpc) is 2.96. The number of aliphatic hydroxyl groups excluding tert-OH is 1. The molecule has 3 rings (SSSR count). The van der Waals surface area contributed by atoms with E-state index < -0.39 is 21.9 Å². The number of nitrogens with zero attached hydrogens (tertiary/aromatic N) is 1. The molecule has 1 amide bonds. The van der Waals surface area contributed by atoms with Crippen molar-refractivity contribution >= 4 is 27.6 Å². The van der Waals surface area contributed by atoms with E-state index in [2.05, 4.69) is 5.32 Å². The van der Waals surface area contributed by atoms with E-state index in [1.807, 2.05) is 0 Å². The Hall–Kier alpha value is -2.83. The van der Waals surface area contributed by atoms with Crippen molar-refractivity contribution in [3.8, 4) is 11.5 Å². The highest BCUT2D eigenvalue weighted by molar-refractivity contribution is 7.89. The Morgan fingerprint density at radius 3 is 2.54 bits per heavy atom. The molecule has 0 radical (unpaired) electrons. The van der Waals surface area contributed by atoms with Crippen molar-refractivity contribution in [2.45, 2.75) is 4.90 Å². The van der Waals surface area contributed by atoms with Crippen molar-refractivity contribution in [2.24, 2.45) is 5.14 Å². The number of esters is 1. The van der Waals surface area contributed by atoms with Crippen LogP contribution in [-0.2, 0) is 24.3 Å². The van der Waals surface area contributed by atoms with Crippen molar-refractivity contribution < 1.29 is 37.3 Å². The van der Waals surface area contributed by atoms with Crippen LogP contribution in [0.4, 0.5) is 5.69 Å². The molecular formula is C16H19N3O8S. The van der Waals surface area contributed by atoms with Gasteiger partial charge in [-0.2, -0.15) is 0 Å². The van der Waals surface area contributed by atoms with Gasteiger partial charge in [0.2, 0.25) is 10.0 Å². The molecule has 2 aliphatic heterocycles. The lowest BCUT2D eigenvalue weighted by Gasteiger charge is -2.21. The molecule has 0 spiro atoms. The maximum absolute atomic E-state index is 12.6. The van der Waals surface area contributed by atoms with E-state index in [0.717, 1.165) is 7.11 Å². The Morgan fingerprint density at radius 1 is 1.32 bits per heavy atom. The van der Waals surface area contributed by atoms with E-state index in [-0.39, 0.29) is 66.3 Å². The minimum Gasteiger partial charge on any atom is -0.486 e. The molecule has 0 bridgehead atoms. The largest absolute Gasteiger partial charge is 0.486 e. The highest BCUT2D eigenvalue weighted by Crippen LogP contribution is 2.38. The Bertz CT molecular complexity index is 957. The van der Waals surface area contributed by atoms with Crippen molar-refractivity contribution in [1.29, 1.82) is 0 Å². The number of rotatable bonds is 6. The van der Waals surface area contributed by atoms with E-state index >= 15 is 0 Å². The van der Waals surface area contributed by atoms with Crippen LogP contribution in [0.1, 0.15) is 0 Å². The zero-order valence-electron chi connectivity index (χ0n) is 14.9. The summed E-state index contributed by atoms with van der Waals surface area (Å²) in [5.74, 6) is -0.891. The quantitative estimate of drug-likeness (QED) is 0.486. The molecule has 28 heavy (non-hydrogen) atoms. The lowest BCUT2D eigenvalue weighted by atomic mass is 10.2. The number of sulfonamides is 1. The summed E-state index contributed by atoms with van der Waals surface area (Å²) in [5, 5.41) is 17.1. The molecule has 1 aromatic rings. The van der Waals surface area contributed by atoms with Crippen molar-refractivity contribution in [3.05, 3.63) is 23.4 Å². The first-order chi connectivity index (χ1) is 13.3. The van der Waals surface area contributed by atoms with Crippen molar-refractivity contribution in [2.75, 3.05) is 45.3 Å². The second-order valence-corrected chi connectivity index (χ2v) is 7.49. The third kappa shape index (κ3) is 3.74. The molecule has 0 fully saturated rings. The number of hydrogen-bond acceptors (Lipinski definition) is 9. The molecule has 4 N–H and O–H groups in total. The number of aliphatic hydroxyl groups is 1. The summed E-state index contributed by atoms with van der Waals surface area (Å²) in [6.45, 7) is 0.105. The van der Waals surface area contributed by atoms with E-state index in [4.69, 9.17) is 24.5 Å². The molecule has 2 aliphatic rings. The van der Waals surface area contributed by atoms with E-state index in [0.29, 0.717) is 0 Å². The van der Waals surface area contributed by atoms with Gasteiger partial charge in [-0.25, -0.2) is 18.4 Å². The molecule has 0 aromatic heterocycles. The summed E-state index contributed by atoms with van der Waals surface area (Å²) in [7, 11) is -3.04. The van der Waals surface area contributed by atoms with Crippen LogP contribution in [-0.4, -0.2) is 70.3 Å². The normalized spacial score (nSPS) is 16.4. The number of carbonyl (C=O) groups excluding carboxylic acids is 2. The van der Waals surface area contributed by atoms with Gasteiger partial charge in [-0.15, -0.1) is 0 Å². The number of anilines is 1. The molecule has 0 saturated carbocycles. The molecule has 12 heteroatoms. The number of methoxy groups -OCH3 is 1. The molecule has 0 atom stereocenters. The zero-order valence-corrected chi connectivity index (χ0v) is 15.7. The second kappa shape index (κ2) is 7.66. The highest BCUT2D eigenvalue weighted by Gasteiger charge is 2.35. The van der Waals surface area contributed by atoms with Gasteiger partial charge in [-0.3, -0.25) is 4.79 Å². The Balaban J connectivity index is 2.07. The first-order valence-corrected chi connectivity index (χ1v) is 9.76. The van der Waals surface area contributed by atoms with Gasteiger partial charge in [-0.1, -0.05) is 0 Å². The van der Waals surface area contributed by atoms with Crippen molar-refractivity contribution in [3.63, 3.8) is 0 Å². The zero-order chi connectivity index (χ0) is 20.5. The van der Waals surface area contributed by atoms with Crippen LogP contribution in [0.25, 0.3) is 0 Å². The number of β-amino-alcohol motifs (C(OH)–C–C–N with tert-alkyl or cyclic N) is 1. The fourth-order valence-electron chi connectivity index (χ4n) is 2.89. The summed E-state index contributed by atoms with van der Waals surface area (Å²) >= 11 is 0. The standard InChI is InChI=1S/C16H19N3O8S/c1-25-16(22)9-8-19(2-3-20)15(21)14(9)18-10-6-11-12(27-5-4-26-11)7-13(10)28(17,23)24/h6-7,18,20H,2-5,8H2,1H3,(H2,17,23,24). The van der Waals surface area contributed by atoms with Crippen LogP contribution in [0.2, 0.25) is 0 Å².